The van der Waals surface area contributed by atoms with Crippen LogP contribution in [0.3, 0.4) is 0 Å². The molecule has 1 aliphatic heterocycles. The van der Waals surface area contributed by atoms with E-state index in [1.165, 1.54) is 29.6 Å². The summed E-state index contributed by atoms with van der Waals surface area (Å²) in [5.41, 5.74) is 0.748. The molecule has 1 saturated heterocycles. The molecule has 5 heteroatoms. The highest BCUT2D eigenvalue weighted by Crippen LogP contribution is 2.45. The van der Waals surface area contributed by atoms with E-state index in [-0.39, 0.29) is 5.57 Å². The van der Waals surface area contributed by atoms with Crippen LogP contribution in [0.4, 0.5) is 0 Å². The van der Waals surface area contributed by atoms with E-state index in [4.69, 9.17) is 5.11 Å². The van der Waals surface area contributed by atoms with Gasteiger partial charge in [0.2, 0.25) is 0 Å². The van der Waals surface area contributed by atoms with Crippen LogP contribution < -0.4 is 0 Å². The highest BCUT2D eigenvalue weighted by molar-refractivity contribution is 8.37. The van der Waals surface area contributed by atoms with Gasteiger partial charge in [0.1, 0.15) is 5.57 Å². The Kier molecular flexibility index (Phi) is 4.28. The zero-order valence-electron chi connectivity index (χ0n) is 9.33. The summed E-state index contributed by atoms with van der Waals surface area (Å²) < 4.78 is 0.602. The van der Waals surface area contributed by atoms with Gasteiger partial charge in [0.15, 0.2) is 5.78 Å². The lowest BCUT2D eigenvalue weighted by molar-refractivity contribution is -0.134. The Labute approximate surface area is 113 Å². The third kappa shape index (κ3) is 3.05. The molecular formula is C13H10O3S2. The van der Waals surface area contributed by atoms with Crippen LogP contribution in [0.5, 0.6) is 0 Å². The van der Waals surface area contributed by atoms with E-state index >= 15 is 0 Å². The van der Waals surface area contributed by atoms with E-state index in [2.05, 4.69) is 0 Å². The van der Waals surface area contributed by atoms with Crippen molar-refractivity contribution in [1.29, 1.82) is 0 Å². The van der Waals surface area contributed by atoms with E-state index in [0.29, 0.717) is 4.24 Å². The first-order chi connectivity index (χ1) is 8.68. The number of aliphatic carboxylic acids is 1. The average molecular weight is 278 g/mol. The molecule has 0 atom stereocenters. The fraction of sp³-hybridized carbons (Fsp3) is 0.0769. The molecule has 3 nitrogen and oxygen atoms in total. The molecule has 0 bridgehead atoms. The Morgan fingerprint density at radius 3 is 2.33 bits per heavy atom. The molecule has 1 aromatic carbocycles. The molecule has 0 saturated carbocycles. The normalized spacial score (nSPS) is 14.3. The predicted molar refractivity (Wildman–Crippen MR) is 75.2 cm³/mol. The minimum absolute atomic E-state index is 0.122. The zero-order chi connectivity index (χ0) is 13.0. The van der Waals surface area contributed by atoms with Gasteiger partial charge in [-0.2, -0.15) is 0 Å². The smallest absolute Gasteiger partial charge is 0.341 e. The fourth-order valence-corrected chi connectivity index (χ4v) is 2.98. The highest BCUT2D eigenvalue weighted by Gasteiger charge is 2.25. The van der Waals surface area contributed by atoms with Crippen molar-refractivity contribution in [1.82, 2.24) is 0 Å². The number of carboxylic acid groups (broad SMARTS) is 1. The van der Waals surface area contributed by atoms with Crippen molar-refractivity contribution < 1.29 is 14.7 Å². The number of carbonyl (C=O) groups is 2. The number of hydrogen-bond acceptors (Lipinski definition) is 4. The first kappa shape index (κ1) is 13.0. The van der Waals surface area contributed by atoms with Crippen LogP contribution in [0.2, 0.25) is 0 Å². The maximum atomic E-state index is 11.8. The highest BCUT2D eigenvalue weighted by atomic mass is 32.3. The van der Waals surface area contributed by atoms with Gasteiger partial charge in [0.25, 0.3) is 0 Å². The number of benzene rings is 1. The second kappa shape index (κ2) is 5.93. The summed E-state index contributed by atoms with van der Waals surface area (Å²) >= 11 is 2.80. The van der Waals surface area contributed by atoms with E-state index in [0.717, 1.165) is 10.6 Å². The monoisotopic (exact) mass is 278 g/mol. The van der Waals surface area contributed by atoms with Crippen molar-refractivity contribution in [2.24, 2.45) is 0 Å². The Bertz CT molecular complexity index is 526. The lowest BCUT2D eigenvalue weighted by Crippen LogP contribution is -2.13. The van der Waals surface area contributed by atoms with Crippen LogP contribution >= 0.6 is 23.5 Å². The topological polar surface area (TPSA) is 54.4 Å². The van der Waals surface area contributed by atoms with Gasteiger partial charge < -0.3 is 5.11 Å². The molecule has 1 N–H and O–H groups in total. The molecule has 0 aromatic heterocycles. The Balaban J connectivity index is 2.16. The molecule has 0 amide bonds. The molecule has 1 aliphatic rings. The van der Waals surface area contributed by atoms with Gasteiger partial charge in [-0.05, 0) is 11.6 Å². The van der Waals surface area contributed by atoms with Gasteiger partial charge in [-0.15, -0.1) is 23.5 Å². The summed E-state index contributed by atoms with van der Waals surface area (Å²) in [6, 6.07) is 9.30. The number of hydrogen-bond donors (Lipinski definition) is 1. The number of rotatable bonds is 4. The summed E-state index contributed by atoms with van der Waals surface area (Å²) in [4.78, 5) is 22.9. The second-order valence-corrected chi connectivity index (χ2v) is 6.08. The SMILES string of the molecule is O=C(O)C(C(=O)/C=C/c1ccccc1)=C1SCS1. The van der Waals surface area contributed by atoms with Crippen LogP contribution in [-0.2, 0) is 9.59 Å². The zero-order valence-corrected chi connectivity index (χ0v) is 11.0. The molecule has 92 valence electrons. The van der Waals surface area contributed by atoms with Crippen LogP contribution in [0, 0.1) is 0 Å². The third-order valence-electron chi connectivity index (χ3n) is 2.27. The maximum absolute atomic E-state index is 11.8. The van der Waals surface area contributed by atoms with Crippen molar-refractivity contribution in [3.05, 3.63) is 51.8 Å². The van der Waals surface area contributed by atoms with Gasteiger partial charge >= 0.3 is 5.97 Å². The van der Waals surface area contributed by atoms with Gasteiger partial charge in [0, 0.05) is 5.08 Å². The number of ketones is 1. The van der Waals surface area contributed by atoms with Crippen molar-refractivity contribution >= 4 is 41.4 Å². The average Bonchev–Trinajstić information content (AvgIpc) is 2.31. The van der Waals surface area contributed by atoms with E-state index in [1.54, 1.807) is 6.08 Å². The fourth-order valence-electron chi connectivity index (χ4n) is 1.37. The molecule has 2 rings (SSSR count). The van der Waals surface area contributed by atoms with Crippen molar-refractivity contribution in [3.8, 4) is 0 Å². The molecule has 0 radical (unpaired) electrons. The number of allylic oxidation sites excluding steroid dienone is 1. The second-order valence-electron chi connectivity index (χ2n) is 3.48. The molecular weight excluding hydrogens is 268 g/mol. The van der Waals surface area contributed by atoms with Crippen LogP contribution in [0.25, 0.3) is 6.08 Å². The van der Waals surface area contributed by atoms with Gasteiger partial charge in [-0.25, -0.2) is 4.79 Å². The molecule has 1 heterocycles. The Morgan fingerprint density at radius 1 is 1.17 bits per heavy atom. The van der Waals surface area contributed by atoms with Crippen LogP contribution in [0.1, 0.15) is 5.56 Å². The van der Waals surface area contributed by atoms with Crippen molar-refractivity contribution in [3.63, 3.8) is 0 Å². The van der Waals surface area contributed by atoms with E-state index < -0.39 is 11.8 Å². The molecule has 1 aromatic rings. The van der Waals surface area contributed by atoms with E-state index in [1.807, 2.05) is 30.3 Å². The molecule has 1 fully saturated rings. The minimum atomic E-state index is -1.16. The molecule has 0 aliphatic carbocycles. The first-order valence-corrected chi connectivity index (χ1v) is 7.16. The quantitative estimate of drug-likeness (QED) is 0.521. The van der Waals surface area contributed by atoms with Crippen LogP contribution in [-0.4, -0.2) is 21.9 Å². The third-order valence-corrected chi connectivity index (χ3v) is 4.85. The summed E-state index contributed by atoms with van der Waals surface area (Å²) in [5.74, 6) is -1.62. The number of thioether (sulfide) groups is 2. The predicted octanol–water partition coefficient (Wildman–Crippen LogP) is 3.00. The van der Waals surface area contributed by atoms with Gasteiger partial charge in [-0.1, -0.05) is 36.4 Å². The Morgan fingerprint density at radius 2 is 1.83 bits per heavy atom. The summed E-state index contributed by atoms with van der Waals surface area (Å²) in [5, 5.41) is 9.84. The van der Waals surface area contributed by atoms with Gasteiger partial charge in [0.05, 0.1) is 4.24 Å². The number of carboxylic acids is 1. The first-order valence-electron chi connectivity index (χ1n) is 5.19. The Hall–Kier alpha value is -1.46. The van der Waals surface area contributed by atoms with Crippen molar-refractivity contribution in [2.45, 2.75) is 0 Å². The summed E-state index contributed by atoms with van der Waals surface area (Å²) in [7, 11) is 0. The molecule has 0 spiro atoms. The summed E-state index contributed by atoms with van der Waals surface area (Å²) in [6.45, 7) is 0. The molecule has 0 unspecified atom stereocenters. The van der Waals surface area contributed by atoms with Crippen molar-refractivity contribution in [2.75, 3.05) is 5.08 Å². The lowest BCUT2D eigenvalue weighted by Gasteiger charge is -2.16. The standard InChI is InChI=1S/C13H10O3S2/c14-10(7-6-9-4-2-1-3-5-9)11(12(15)16)13-17-8-18-13/h1-7H,8H2,(H,15,16)/b7-6+. The number of carbonyl (C=O) groups excluding carboxylic acids is 1. The van der Waals surface area contributed by atoms with Gasteiger partial charge in [-0.3, -0.25) is 4.79 Å². The largest absolute Gasteiger partial charge is 0.477 e. The van der Waals surface area contributed by atoms with Crippen LogP contribution in [0.15, 0.2) is 46.2 Å². The summed E-state index contributed by atoms with van der Waals surface area (Å²) in [6.07, 6.45) is 2.94. The lowest BCUT2D eigenvalue weighted by atomic mass is 10.1. The maximum Gasteiger partial charge on any atom is 0.341 e. The minimum Gasteiger partial charge on any atom is -0.477 e. The van der Waals surface area contributed by atoms with E-state index in [9.17, 15) is 9.59 Å². The molecule has 18 heavy (non-hydrogen) atoms.